The first-order chi connectivity index (χ1) is 13.7. The molecule has 0 saturated carbocycles. The molecule has 0 amide bonds. The first kappa shape index (κ1) is 18.7. The van der Waals surface area contributed by atoms with Crippen molar-refractivity contribution in [3.63, 3.8) is 0 Å². The van der Waals surface area contributed by atoms with Gasteiger partial charge >= 0.3 is 0 Å². The maximum atomic E-state index is 6.08. The van der Waals surface area contributed by atoms with E-state index >= 15 is 0 Å². The number of nitrogens with one attached hydrogen (secondary N) is 1. The van der Waals surface area contributed by atoms with Crippen LogP contribution in [0.3, 0.4) is 0 Å². The van der Waals surface area contributed by atoms with Crippen LogP contribution in [0.25, 0.3) is 32.3 Å². The normalized spacial score (nSPS) is 10.9. The quantitative estimate of drug-likeness (QED) is 0.374. The van der Waals surface area contributed by atoms with Crippen molar-refractivity contribution < 1.29 is 4.74 Å². The zero-order chi connectivity index (χ0) is 19.3. The van der Waals surface area contributed by atoms with Gasteiger partial charge in [-0.05, 0) is 58.3 Å². The van der Waals surface area contributed by atoms with Crippen molar-refractivity contribution in [2.75, 3.05) is 6.61 Å². The fourth-order valence-electron chi connectivity index (χ4n) is 2.89. The molecule has 2 aromatic heterocycles. The van der Waals surface area contributed by atoms with Gasteiger partial charge in [0.25, 0.3) is 0 Å². The Bertz CT molecular complexity index is 1040. The highest BCUT2D eigenvalue weighted by Crippen LogP contribution is 2.43. The molecule has 2 aromatic carbocycles. The molecule has 5 nitrogen and oxygen atoms in total. The highest BCUT2D eigenvalue weighted by atomic mass is 35.5. The summed E-state index contributed by atoms with van der Waals surface area (Å²) in [7, 11) is 0. The first-order valence-electron chi connectivity index (χ1n) is 9.11. The number of hydrogen-bond acceptors (Lipinski definition) is 5. The standard InChI is InChI=1S/C21H19ClN4OS/c1-2-3-11-27-17-6-4-5-15(12-17)18-13-19(21-23-25-26-24-21)28-20(18)14-7-9-16(22)10-8-14/h4-10,12-13H,2-3,11H2,1H3,(H,23,24,25,26). The monoisotopic (exact) mass is 410 g/mol. The lowest BCUT2D eigenvalue weighted by Gasteiger charge is -2.09. The molecule has 7 heteroatoms. The molecule has 0 unspecified atom stereocenters. The smallest absolute Gasteiger partial charge is 0.189 e. The van der Waals surface area contributed by atoms with Gasteiger partial charge in [-0.2, -0.15) is 0 Å². The van der Waals surface area contributed by atoms with E-state index in [1.54, 1.807) is 11.3 Å². The van der Waals surface area contributed by atoms with Gasteiger partial charge in [-0.3, -0.25) is 0 Å². The van der Waals surface area contributed by atoms with Crippen LogP contribution < -0.4 is 4.74 Å². The zero-order valence-electron chi connectivity index (χ0n) is 15.4. The average molecular weight is 411 g/mol. The molecule has 0 saturated heterocycles. The van der Waals surface area contributed by atoms with Crippen molar-refractivity contribution in [3.05, 3.63) is 59.6 Å². The van der Waals surface area contributed by atoms with Gasteiger partial charge in [0.15, 0.2) is 5.82 Å². The molecule has 1 N–H and O–H groups in total. The van der Waals surface area contributed by atoms with E-state index in [0.717, 1.165) is 51.6 Å². The molecule has 2 heterocycles. The second-order valence-corrected chi connectivity index (χ2v) is 7.83. The molecule has 142 valence electrons. The third-order valence-electron chi connectivity index (χ3n) is 4.33. The molecule has 28 heavy (non-hydrogen) atoms. The molecule has 4 rings (SSSR count). The Labute approximate surface area is 172 Å². The van der Waals surface area contributed by atoms with Gasteiger partial charge in [0.2, 0.25) is 0 Å². The number of thiophene rings is 1. The summed E-state index contributed by atoms with van der Waals surface area (Å²) in [6.45, 7) is 2.88. The van der Waals surface area contributed by atoms with Crippen molar-refractivity contribution in [1.29, 1.82) is 0 Å². The highest BCUT2D eigenvalue weighted by molar-refractivity contribution is 7.19. The Morgan fingerprint density at radius 1 is 1.07 bits per heavy atom. The van der Waals surface area contributed by atoms with E-state index in [0.29, 0.717) is 10.8 Å². The van der Waals surface area contributed by atoms with E-state index < -0.39 is 0 Å². The van der Waals surface area contributed by atoms with Crippen LogP contribution in [0.1, 0.15) is 19.8 Å². The van der Waals surface area contributed by atoms with E-state index in [2.05, 4.69) is 45.7 Å². The third-order valence-corrected chi connectivity index (χ3v) is 5.77. The minimum atomic E-state index is 0.654. The van der Waals surface area contributed by atoms with E-state index in [9.17, 15) is 0 Å². The van der Waals surface area contributed by atoms with Gasteiger partial charge in [-0.1, -0.05) is 49.2 Å². The summed E-state index contributed by atoms with van der Waals surface area (Å²) in [5.41, 5.74) is 3.30. The van der Waals surface area contributed by atoms with E-state index in [1.165, 1.54) is 0 Å². The van der Waals surface area contributed by atoms with Crippen LogP contribution in [0.15, 0.2) is 54.6 Å². The van der Waals surface area contributed by atoms with Crippen LogP contribution >= 0.6 is 22.9 Å². The summed E-state index contributed by atoms with van der Waals surface area (Å²) in [5, 5.41) is 15.0. The van der Waals surface area contributed by atoms with Crippen molar-refractivity contribution in [2.45, 2.75) is 19.8 Å². The van der Waals surface area contributed by atoms with Gasteiger partial charge in [-0.25, -0.2) is 5.10 Å². The van der Waals surface area contributed by atoms with E-state index in [-0.39, 0.29) is 0 Å². The number of tetrazole rings is 1. The Hall–Kier alpha value is -2.70. The lowest BCUT2D eigenvalue weighted by atomic mass is 10.0. The van der Waals surface area contributed by atoms with Crippen molar-refractivity contribution in [1.82, 2.24) is 20.6 Å². The number of ether oxygens (including phenoxy) is 1. The molecule has 0 bridgehead atoms. The maximum Gasteiger partial charge on any atom is 0.189 e. The summed E-state index contributed by atoms with van der Waals surface area (Å²) in [4.78, 5) is 2.11. The van der Waals surface area contributed by atoms with Crippen LogP contribution in [-0.2, 0) is 0 Å². The number of aromatic amines is 1. The highest BCUT2D eigenvalue weighted by Gasteiger charge is 2.16. The number of unbranched alkanes of at least 4 members (excludes halogenated alkanes) is 1. The molecule has 0 atom stereocenters. The number of hydrogen-bond donors (Lipinski definition) is 1. The van der Waals surface area contributed by atoms with Gasteiger partial charge in [0.1, 0.15) is 5.75 Å². The van der Waals surface area contributed by atoms with Crippen LogP contribution in [-0.4, -0.2) is 27.2 Å². The summed E-state index contributed by atoms with van der Waals surface area (Å²) >= 11 is 7.72. The molecular formula is C21H19ClN4OS. The topological polar surface area (TPSA) is 63.7 Å². The number of rotatable bonds is 7. The number of nitrogens with zero attached hydrogens (tertiary/aromatic N) is 3. The summed E-state index contributed by atoms with van der Waals surface area (Å²) < 4.78 is 5.90. The van der Waals surface area contributed by atoms with E-state index in [4.69, 9.17) is 16.3 Å². The molecule has 0 aliphatic rings. The van der Waals surface area contributed by atoms with Gasteiger partial charge < -0.3 is 4.74 Å². The third kappa shape index (κ3) is 4.08. The Balaban J connectivity index is 1.77. The van der Waals surface area contributed by atoms with Crippen molar-refractivity contribution in [3.8, 4) is 38.0 Å². The Morgan fingerprint density at radius 3 is 2.68 bits per heavy atom. The molecule has 0 aliphatic heterocycles. The molecule has 0 radical (unpaired) electrons. The number of aromatic nitrogens is 4. The lowest BCUT2D eigenvalue weighted by Crippen LogP contribution is -1.96. The Kier molecular flexibility index (Phi) is 5.69. The predicted octanol–water partition coefficient (Wildman–Crippen LogP) is 6.09. The minimum absolute atomic E-state index is 0.654. The molecular weight excluding hydrogens is 392 g/mol. The summed E-state index contributed by atoms with van der Waals surface area (Å²) in [6.07, 6.45) is 2.15. The van der Waals surface area contributed by atoms with Crippen molar-refractivity contribution >= 4 is 22.9 Å². The first-order valence-corrected chi connectivity index (χ1v) is 10.3. The second-order valence-electron chi connectivity index (χ2n) is 6.34. The van der Waals surface area contributed by atoms with Crippen molar-refractivity contribution in [2.24, 2.45) is 0 Å². The average Bonchev–Trinajstić information content (AvgIpc) is 3.39. The lowest BCUT2D eigenvalue weighted by molar-refractivity contribution is 0.309. The minimum Gasteiger partial charge on any atom is -0.494 e. The molecule has 0 fully saturated rings. The fourth-order valence-corrected chi connectivity index (χ4v) is 4.14. The largest absolute Gasteiger partial charge is 0.494 e. The van der Waals surface area contributed by atoms with E-state index in [1.807, 2.05) is 36.4 Å². The maximum absolute atomic E-state index is 6.08. The number of H-pyrrole nitrogens is 1. The number of benzene rings is 2. The van der Waals surface area contributed by atoms with Crippen LogP contribution in [0.5, 0.6) is 5.75 Å². The van der Waals surface area contributed by atoms with Gasteiger partial charge in [0.05, 0.1) is 11.5 Å². The number of halogens is 1. The summed E-state index contributed by atoms with van der Waals surface area (Å²) in [5.74, 6) is 1.53. The second kappa shape index (κ2) is 8.54. The van der Waals surface area contributed by atoms with Crippen LogP contribution in [0.2, 0.25) is 5.02 Å². The van der Waals surface area contributed by atoms with Gasteiger partial charge in [0, 0.05) is 15.5 Å². The van der Waals surface area contributed by atoms with Crippen LogP contribution in [0.4, 0.5) is 0 Å². The predicted molar refractivity (Wildman–Crippen MR) is 114 cm³/mol. The van der Waals surface area contributed by atoms with Gasteiger partial charge in [-0.15, -0.1) is 16.4 Å². The molecule has 0 spiro atoms. The molecule has 0 aliphatic carbocycles. The zero-order valence-corrected chi connectivity index (χ0v) is 16.9. The fraction of sp³-hybridized carbons (Fsp3) is 0.190. The Morgan fingerprint density at radius 2 is 1.93 bits per heavy atom. The molecule has 4 aromatic rings. The summed E-state index contributed by atoms with van der Waals surface area (Å²) in [6, 6.07) is 18.2. The SMILES string of the molecule is CCCCOc1cccc(-c2cc(-c3nnn[nH]3)sc2-c2ccc(Cl)cc2)c1. The van der Waals surface area contributed by atoms with Crippen LogP contribution in [0, 0.1) is 0 Å².